The summed E-state index contributed by atoms with van der Waals surface area (Å²) in [6.07, 6.45) is 0. The quantitative estimate of drug-likeness (QED) is 0.741. The van der Waals surface area contributed by atoms with Gasteiger partial charge in [0.2, 0.25) is 11.7 Å². The molecule has 22 heavy (non-hydrogen) atoms. The highest BCUT2D eigenvalue weighted by Gasteiger charge is 2.26. The SMILES string of the molecule is CNCCNC(=O)C(C(C)C)n1nnc(-c2ccccc2)n1. The summed E-state index contributed by atoms with van der Waals surface area (Å²) in [4.78, 5) is 13.7. The Bertz CT molecular complexity index is 595. The molecule has 1 unspecified atom stereocenters. The minimum absolute atomic E-state index is 0.0624. The second-order valence-electron chi connectivity index (χ2n) is 5.38. The lowest BCUT2D eigenvalue weighted by molar-refractivity contribution is -0.126. The second kappa shape index (κ2) is 7.65. The van der Waals surface area contributed by atoms with Gasteiger partial charge >= 0.3 is 0 Å². The van der Waals surface area contributed by atoms with Crippen LogP contribution in [0.5, 0.6) is 0 Å². The molecule has 2 rings (SSSR count). The summed E-state index contributed by atoms with van der Waals surface area (Å²) >= 11 is 0. The smallest absolute Gasteiger partial charge is 0.247 e. The van der Waals surface area contributed by atoms with Gasteiger partial charge in [0.15, 0.2) is 6.04 Å². The van der Waals surface area contributed by atoms with Gasteiger partial charge in [-0.3, -0.25) is 4.79 Å². The Morgan fingerprint density at radius 1 is 1.23 bits per heavy atom. The normalized spacial score (nSPS) is 12.4. The molecule has 0 bridgehead atoms. The molecule has 0 aliphatic heterocycles. The zero-order chi connectivity index (χ0) is 15.9. The predicted octanol–water partition coefficient (Wildman–Crippen LogP) is 0.873. The van der Waals surface area contributed by atoms with Crippen molar-refractivity contribution in [1.29, 1.82) is 0 Å². The molecule has 118 valence electrons. The summed E-state index contributed by atoms with van der Waals surface area (Å²) in [5, 5.41) is 18.4. The molecule has 0 aliphatic carbocycles. The average molecular weight is 302 g/mol. The van der Waals surface area contributed by atoms with Gasteiger partial charge in [-0.25, -0.2) is 0 Å². The van der Waals surface area contributed by atoms with Crippen LogP contribution in [0.3, 0.4) is 0 Å². The van der Waals surface area contributed by atoms with Crippen molar-refractivity contribution >= 4 is 5.91 Å². The van der Waals surface area contributed by atoms with Gasteiger partial charge in [0.1, 0.15) is 0 Å². The van der Waals surface area contributed by atoms with Gasteiger partial charge in [0, 0.05) is 18.7 Å². The third kappa shape index (κ3) is 3.88. The average Bonchev–Trinajstić information content (AvgIpc) is 2.97. The minimum atomic E-state index is -0.471. The van der Waals surface area contributed by atoms with Crippen molar-refractivity contribution < 1.29 is 4.79 Å². The van der Waals surface area contributed by atoms with E-state index < -0.39 is 6.04 Å². The highest BCUT2D eigenvalue weighted by Crippen LogP contribution is 2.18. The Balaban J connectivity index is 2.16. The van der Waals surface area contributed by atoms with Crippen molar-refractivity contribution in [3.63, 3.8) is 0 Å². The molecule has 2 aromatic rings. The van der Waals surface area contributed by atoms with Crippen LogP contribution in [0.4, 0.5) is 0 Å². The molecule has 0 radical (unpaired) electrons. The van der Waals surface area contributed by atoms with Crippen molar-refractivity contribution in [3.05, 3.63) is 30.3 Å². The first-order valence-corrected chi connectivity index (χ1v) is 7.40. The lowest BCUT2D eigenvalue weighted by atomic mass is 10.0. The molecule has 0 saturated carbocycles. The number of likely N-dealkylation sites (N-methyl/N-ethyl adjacent to an activating group) is 1. The maximum absolute atomic E-state index is 12.3. The molecule has 1 amide bonds. The number of hydrogen-bond acceptors (Lipinski definition) is 5. The van der Waals surface area contributed by atoms with E-state index in [1.165, 1.54) is 4.80 Å². The van der Waals surface area contributed by atoms with Gasteiger partial charge in [-0.05, 0) is 18.2 Å². The number of carbonyl (C=O) groups excluding carboxylic acids is 1. The van der Waals surface area contributed by atoms with Crippen LogP contribution in [-0.2, 0) is 4.79 Å². The Morgan fingerprint density at radius 2 is 1.95 bits per heavy atom. The Kier molecular flexibility index (Phi) is 5.60. The number of nitrogens with zero attached hydrogens (tertiary/aromatic N) is 4. The first kappa shape index (κ1) is 16.1. The van der Waals surface area contributed by atoms with Crippen molar-refractivity contribution in [1.82, 2.24) is 30.8 Å². The van der Waals surface area contributed by atoms with Crippen molar-refractivity contribution in [3.8, 4) is 11.4 Å². The van der Waals surface area contributed by atoms with Crippen LogP contribution in [0.2, 0.25) is 0 Å². The molecule has 1 heterocycles. The van der Waals surface area contributed by atoms with E-state index in [1.807, 2.05) is 51.2 Å². The van der Waals surface area contributed by atoms with Crippen LogP contribution in [-0.4, -0.2) is 46.3 Å². The Labute approximate surface area is 130 Å². The molecule has 2 N–H and O–H groups in total. The molecule has 1 aromatic carbocycles. The van der Waals surface area contributed by atoms with E-state index in [2.05, 4.69) is 26.0 Å². The molecule has 0 saturated heterocycles. The molecule has 0 spiro atoms. The zero-order valence-corrected chi connectivity index (χ0v) is 13.2. The van der Waals surface area contributed by atoms with E-state index >= 15 is 0 Å². The number of benzene rings is 1. The van der Waals surface area contributed by atoms with Crippen molar-refractivity contribution in [2.24, 2.45) is 5.92 Å². The molecule has 7 nitrogen and oxygen atoms in total. The number of aromatic nitrogens is 4. The van der Waals surface area contributed by atoms with E-state index in [0.29, 0.717) is 12.4 Å². The molecule has 7 heteroatoms. The molecule has 0 aliphatic rings. The fourth-order valence-electron chi connectivity index (χ4n) is 2.14. The molecule has 1 aromatic heterocycles. The van der Waals surface area contributed by atoms with Crippen LogP contribution in [0.25, 0.3) is 11.4 Å². The Morgan fingerprint density at radius 3 is 2.59 bits per heavy atom. The number of hydrogen-bond donors (Lipinski definition) is 2. The third-order valence-electron chi connectivity index (χ3n) is 3.28. The van der Waals surface area contributed by atoms with Crippen molar-refractivity contribution in [2.45, 2.75) is 19.9 Å². The topological polar surface area (TPSA) is 84.7 Å². The summed E-state index contributed by atoms with van der Waals surface area (Å²) in [7, 11) is 1.84. The lowest BCUT2D eigenvalue weighted by Gasteiger charge is -2.18. The number of tetrazole rings is 1. The Hall–Kier alpha value is -2.28. The van der Waals surface area contributed by atoms with Crippen LogP contribution >= 0.6 is 0 Å². The van der Waals surface area contributed by atoms with E-state index in [9.17, 15) is 4.79 Å². The fraction of sp³-hybridized carbons (Fsp3) is 0.467. The van der Waals surface area contributed by atoms with Gasteiger partial charge in [0.05, 0.1) is 0 Å². The van der Waals surface area contributed by atoms with E-state index in [1.54, 1.807) is 0 Å². The largest absolute Gasteiger partial charge is 0.353 e. The summed E-state index contributed by atoms with van der Waals surface area (Å²) in [5.74, 6) is 0.490. The van der Waals surface area contributed by atoms with Gasteiger partial charge in [-0.15, -0.1) is 10.2 Å². The predicted molar refractivity (Wildman–Crippen MR) is 84.1 cm³/mol. The van der Waals surface area contributed by atoms with Gasteiger partial charge in [0.25, 0.3) is 0 Å². The van der Waals surface area contributed by atoms with Crippen LogP contribution in [0.1, 0.15) is 19.9 Å². The first-order valence-electron chi connectivity index (χ1n) is 7.40. The summed E-state index contributed by atoms with van der Waals surface area (Å²) in [6, 6.07) is 9.13. The highest BCUT2D eigenvalue weighted by molar-refractivity contribution is 5.80. The molecular formula is C15H22N6O. The maximum atomic E-state index is 12.3. The molecular weight excluding hydrogens is 280 g/mol. The summed E-state index contributed by atoms with van der Waals surface area (Å²) < 4.78 is 0. The summed E-state index contributed by atoms with van der Waals surface area (Å²) in [5.41, 5.74) is 0.881. The second-order valence-corrected chi connectivity index (χ2v) is 5.38. The molecule has 1 atom stereocenters. The van der Waals surface area contributed by atoms with Gasteiger partial charge < -0.3 is 10.6 Å². The highest BCUT2D eigenvalue weighted by atomic mass is 16.2. The van der Waals surface area contributed by atoms with Gasteiger partial charge in [-0.2, -0.15) is 4.80 Å². The molecule has 0 fully saturated rings. The number of rotatable bonds is 7. The minimum Gasteiger partial charge on any atom is -0.353 e. The monoisotopic (exact) mass is 302 g/mol. The van der Waals surface area contributed by atoms with Crippen molar-refractivity contribution in [2.75, 3.05) is 20.1 Å². The number of carbonyl (C=O) groups is 1. The van der Waals surface area contributed by atoms with Crippen LogP contribution in [0, 0.1) is 5.92 Å². The fourth-order valence-corrected chi connectivity index (χ4v) is 2.14. The summed E-state index contributed by atoms with van der Waals surface area (Å²) in [6.45, 7) is 5.22. The standard InChI is InChI=1S/C15H22N6O/c1-11(2)13(15(22)17-10-9-16-3)21-19-14(18-20-21)12-7-5-4-6-8-12/h4-8,11,13,16H,9-10H2,1-3H3,(H,17,22). The van der Waals surface area contributed by atoms with E-state index in [4.69, 9.17) is 0 Å². The zero-order valence-electron chi connectivity index (χ0n) is 13.2. The lowest BCUT2D eigenvalue weighted by Crippen LogP contribution is -2.39. The van der Waals surface area contributed by atoms with E-state index in [-0.39, 0.29) is 11.8 Å². The van der Waals surface area contributed by atoms with Gasteiger partial charge in [-0.1, -0.05) is 44.2 Å². The van der Waals surface area contributed by atoms with Crippen LogP contribution in [0.15, 0.2) is 30.3 Å². The first-order chi connectivity index (χ1) is 10.6. The third-order valence-corrected chi connectivity index (χ3v) is 3.28. The number of amides is 1. The van der Waals surface area contributed by atoms with E-state index in [0.717, 1.165) is 12.1 Å². The maximum Gasteiger partial charge on any atom is 0.247 e. The van der Waals surface area contributed by atoms with Crippen LogP contribution < -0.4 is 10.6 Å². The number of nitrogens with one attached hydrogen (secondary N) is 2.